The van der Waals surface area contributed by atoms with Crippen LogP contribution in [0.3, 0.4) is 0 Å². The molecule has 20 heavy (non-hydrogen) atoms. The van der Waals surface area contributed by atoms with E-state index in [1.807, 2.05) is 6.92 Å². The molecule has 1 aliphatic heterocycles. The van der Waals surface area contributed by atoms with Gasteiger partial charge in [-0.25, -0.2) is 0 Å². The van der Waals surface area contributed by atoms with Crippen molar-refractivity contribution in [1.29, 1.82) is 0 Å². The maximum atomic E-state index is 12.1. The quantitative estimate of drug-likeness (QED) is 0.680. The molecule has 5 nitrogen and oxygen atoms in total. The molecule has 1 N–H and O–H groups in total. The number of benzene rings is 1. The SMILES string of the molecule is CCOc1cccc(/C=C2\C(=O)N(C)C(=S)N2C)c1O. The van der Waals surface area contributed by atoms with Crippen LogP contribution >= 0.6 is 12.2 Å². The Labute approximate surface area is 123 Å². The van der Waals surface area contributed by atoms with Gasteiger partial charge in [0.2, 0.25) is 0 Å². The number of phenols is 1. The normalized spacial score (nSPS) is 17.2. The van der Waals surface area contributed by atoms with Crippen molar-refractivity contribution >= 4 is 29.3 Å². The van der Waals surface area contributed by atoms with Gasteiger partial charge >= 0.3 is 0 Å². The molecule has 0 bridgehead atoms. The lowest BCUT2D eigenvalue weighted by atomic mass is 10.1. The fourth-order valence-corrected chi connectivity index (χ4v) is 2.15. The van der Waals surface area contributed by atoms with Gasteiger partial charge < -0.3 is 14.7 Å². The molecule has 6 heteroatoms. The molecule has 0 unspecified atom stereocenters. The highest BCUT2D eigenvalue weighted by Gasteiger charge is 2.32. The van der Waals surface area contributed by atoms with Crippen LogP contribution in [0.5, 0.6) is 11.5 Å². The number of phenolic OH excluding ortho intramolecular Hbond substituents is 1. The topological polar surface area (TPSA) is 53.0 Å². The van der Waals surface area contributed by atoms with Crippen molar-refractivity contribution in [3.8, 4) is 11.5 Å². The Hall–Kier alpha value is -2.08. The first kappa shape index (κ1) is 14.3. The monoisotopic (exact) mass is 292 g/mol. The van der Waals surface area contributed by atoms with Crippen LogP contribution in [0.1, 0.15) is 12.5 Å². The van der Waals surface area contributed by atoms with E-state index in [4.69, 9.17) is 17.0 Å². The highest BCUT2D eigenvalue weighted by Crippen LogP contribution is 2.32. The number of para-hydroxylation sites is 1. The molecule has 1 aromatic rings. The van der Waals surface area contributed by atoms with Crippen LogP contribution in [0.15, 0.2) is 23.9 Å². The Bertz CT molecular complexity index is 598. The molecule has 0 radical (unpaired) electrons. The minimum absolute atomic E-state index is 0.0171. The van der Waals surface area contributed by atoms with Gasteiger partial charge in [0.1, 0.15) is 5.70 Å². The van der Waals surface area contributed by atoms with Gasteiger partial charge in [-0.2, -0.15) is 0 Å². The van der Waals surface area contributed by atoms with Crippen molar-refractivity contribution in [2.24, 2.45) is 0 Å². The lowest BCUT2D eigenvalue weighted by molar-refractivity contribution is -0.121. The number of thiocarbonyl (C=S) groups is 1. The lowest BCUT2D eigenvalue weighted by Crippen LogP contribution is -2.26. The van der Waals surface area contributed by atoms with E-state index in [-0.39, 0.29) is 11.7 Å². The Morgan fingerprint density at radius 1 is 1.35 bits per heavy atom. The van der Waals surface area contributed by atoms with E-state index in [1.165, 1.54) is 4.90 Å². The molecular weight excluding hydrogens is 276 g/mol. The number of aromatic hydroxyl groups is 1. The second kappa shape index (κ2) is 5.50. The van der Waals surface area contributed by atoms with Gasteiger partial charge in [0.15, 0.2) is 16.6 Å². The van der Waals surface area contributed by atoms with Crippen LogP contribution in [0, 0.1) is 0 Å². The van der Waals surface area contributed by atoms with Gasteiger partial charge in [-0.05, 0) is 31.3 Å². The zero-order chi connectivity index (χ0) is 14.9. The molecule has 0 spiro atoms. The van der Waals surface area contributed by atoms with Crippen molar-refractivity contribution in [1.82, 2.24) is 9.80 Å². The molecule has 1 aromatic carbocycles. The van der Waals surface area contributed by atoms with Crippen LogP contribution in [0.4, 0.5) is 0 Å². The van der Waals surface area contributed by atoms with Gasteiger partial charge in [-0.1, -0.05) is 12.1 Å². The molecule has 0 aromatic heterocycles. The highest BCUT2D eigenvalue weighted by molar-refractivity contribution is 7.80. The summed E-state index contributed by atoms with van der Waals surface area (Å²) in [4.78, 5) is 15.1. The van der Waals surface area contributed by atoms with Gasteiger partial charge in [0.25, 0.3) is 5.91 Å². The third-order valence-corrected chi connectivity index (χ3v) is 3.63. The van der Waals surface area contributed by atoms with Crippen molar-refractivity contribution in [3.63, 3.8) is 0 Å². The third-order valence-electron chi connectivity index (χ3n) is 3.08. The summed E-state index contributed by atoms with van der Waals surface area (Å²) >= 11 is 5.14. The van der Waals surface area contributed by atoms with Crippen molar-refractivity contribution < 1.29 is 14.6 Å². The largest absolute Gasteiger partial charge is 0.504 e. The van der Waals surface area contributed by atoms with E-state index in [9.17, 15) is 9.90 Å². The molecule has 0 aliphatic carbocycles. The van der Waals surface area contributed by atoms with E-state index in [2.05, 4.69) is 0 Å². The van der Waals surface area contributed by atoms with Crippen LogP contribution in [-0.4, -0.2) is 46.6 Å². The van der Waals surface area contributed by atoms with Crippen LogP contribution < -0.4 is 4.74 Å². The van der Waals surface area contributed by atoms with Gasteiger partial charge in [-0.3, -0.25) is 9.69 Å². The fraction of sp³-hybridized carbons (Fsp3) is 0.286. The standard InChI is InChI=1S/C14H16N2O3S/c1-4-19-11-7-5-6-9(12(11)17)8-10-13(18)16(3)14(20)15(10)2/h5-8,17H,4H2,1-3H3/b10-8+. The van der Waals surface area contributed by atoms with Crippen LogP contribution in [0.25, 0.3) is 6.08 Å². The Balaban J connectivity index is 2.43. The molecule has 0 atom stereocenters. The number of likely N-dealkylation sites (N-methyl/N-ethyl adjacent to an activating group) is 2. The van der Waals surface area contributed by atoms with E-state index in [0.717, 1.165) is 0 Å². The Morgan fingerprint density at radius 2 is 2.05 bits per heavy atom. The molecule has 1 fully saturated rings. The first-order valence-corrected chi connectivity index (χ1v) is 6.60. The average molecular weight is 292 g/mol. The summed E-state index contributed by atoms with van der Waals surface area (Å²) in [6.45, 7) is 2.30. The molecule has 1 heterocycles. The second-order valence-corrected chi connectivity index (χ2v) is 4.73. The number of nitrogens with zero attached hydrogens (tertiary/aromatic N) is 2. The zero-order valence-electron chi connectivity index (χ0n) is 11.6. The molecule has 106 valence electrons. The lowest BCUT2D eigenvalue weighted by Gasteiger charge is -2.12. The first-order chi connectivity index (χ1) is 9.47. The summed E-state index contributed by atoms with van der Waals surface area (Å²) in [5.74, 6) is 0.216. The number of carbonyl (C=O) groups excluding carboxylic acids is 1. The molecule has 1 amide bonds. The predicted octanol–water partition coefficient (Wildman–Crippen LogP) is 1.82. The molecular formula is C14H16N2O3S. The van der Waals surface area contributed by atoms with E-state index < -0.39 is 0 Å². The number of carbonyl (C=O) groups is 1. The molecule has 0 saturated carbocycles. The number of hydrogen-bond donors (Lipinski definition) is 1. The third kappa shape index (κ3) is 2.34. The molecule has 1 saturated heterocycles. The molecule has 2 rings (SSSR count). The number of amides is 1. The summed E-state index contributed by atoms with van der Waals surface area (Å²) in [6, 6.07) is 5.16. The predicted molar refractivity (Wildman–Crippen MR) is 80.4 cm³/mol. The zero-order valence-corrected chi connectivity index (χ0v) is 12.4. The first-order valence-electron chi connectivity index (χ1n) is 6.19. The fourth-order valence-electron chi connectivity index (χ4n) is 1.96. The second-order valence-electron chi connectivity index (χ2n) is 4.36. The maximum absolute atomic E-state index is 12.1. The van der Waals surface area contributed by atoms with E-state index in [0.29, 0.717) is 28.7 Å². The maximum Gasteiger partial charge on any atom is 0.276 e. The summed E-state index contributed by atoms with van der Waals surface area (Å²) in [6.07, 6.45) is 1.61. The minimum Gasteiger partial charge on any atom is -0.504 e. The van der Waals surface area contributed by atoms with Gasteiger partial charge in [0, 0.05) is 19.7 Å². The Morgan fingerprint density at radius 3 is 2.60 bits per heavy atom. The van der Waals surface area contributed by atoms with E-state index in [1.54, 1.807) is 43.3 Å². The van der Waals surface area contributed by atoms with Crippen LogP contribution in [0.2, 0.25) is 0 Å². The van der Waals surface area contributed by atoms with Crippen molar-refractivity contribution in [2.45, 2.75) is 6.92 Å². The van der Waals surface area contributed by atoms with Crippen molar-refractivity contribution in [3.05, 3.63) is 29.5 Å². The summed E-state index contributed by atoms with van der Waals surface area (Å²) < 4.78 is 5.32. The van der Waals surface area contributed by atoms with Gasteiger partial charge in [-0.15, -0.1) is 0 Å². The number of ether oxygens (including phenoxy) is 1. The number of rotatable bonds is 3. The molecule has 1 aliphatic rings. The highest BCUT2D eigenvalue weighted by atomic mass is 32.1. The average Bonchev–Trinajstić information content (AvgIpc) is 2.61. The smallest absolute Gasteiger partial charge is 0.276 e. The summed E-state index contributed by atoms with van der Waals surface area (Å²) in [5.41, 5.74) is 0.936. The van der Waals surface area contributed by atoms with Crippen molar-refractivity contribution in [2.75, 3.05) is 20.7 Å². The van der Waals surface area contributed by atoms with Crippen LogP contribution in [-0.2, 0) is 4.79 Å². The Kier molecular flexibility index (Phi) is 3.94. The van der Waals surface area contributed by atoms with E-state index >= 15 is 0 Å². The van der Waals surface area contributed by atoms with Gasteiger partial charge in [0.05, 0.1) is 6.61 Å². The minimum atomic E-state index is -0.196. The number of hydrogen-bond acceptors (Lipinski definition) is 4. The summed E-state index contributed by atoms with van der Waals surface area (Å²) in [7, 11) is 3.34. The summed E-state index contributed by atoms with van der Waals surface area (Å²) in [5, 5.41) is 10.6.